The normalized spacial score (nSPS) is 11.6. The van der Waals surface area contributed by atoms with Crippen LogP contribution in [0.4, 0.5) is 15.8 Å². The Bertz CT molecular complexity index is 1170. The molecule has 1 N–H and O–H groups in total. The Morgan fingerprint density at radius 1 is 1.03 bits per heavy atom. The van der Waals surface area contributed by atoms with Gasteiger partial charge in [-0.2, -0.15) is 0 Å². The number of benzene rings is 2. The summed E-state index contributed by atoms with van der Waals surface area (Å²) in [6.45, 7) is 5.33. The van der Waals surface area contributed by atoms with Crippen LogP contribution in [0, 0.1) is 19.7 Å². The number of amides is 2. The van der Waals surface area contributed by atoms with Gasteiger partial charge in [0.25, 0.3) is 0 Å². The number of nitrogens with zero attached hydrogens (tertiary/aromatic N) is 4. The fourth-order valence-corrected chi connectivity index (χ4v) is 4.29. The minimum atomic E-state index is -0.837. The van der Waals surface area contributed by atoms with E-state index in [1.54, 1.807) is 37.3 Å². The molecule has 0 fully saturated rings. The molecule has 0 bridgehead atoms. The lowest BCUT2D eigenvalue weighted by Gasteiger charge is -2.29. The molecule has 0 saturated heterocycles. The Labute approximate surface area is 209 Å². The largest absolute Gasteiger partial charge is 0.378 e. The van der Waals surface area contributed by atoms with Gasteiger partial charge >= 0.3 is 0 Å². The topological polar surface area (TPSA) is 78.4 Å². The third kappa shape index (κ3) is 7.26. The van der Waals surface area contributed by atoms with Crippen molar-refractivity contribution in [1.82, 2.24) is 14.9 Å². The van der Waals surface area contributed by atoms with E-state index in [-0.39, 0.29) is 24.1 Å². The summed E-state index contributed by atoms with van der Waals surface area (Å²) in [6, 6.07) is 14.7. The van der Waals surface area contributed by atoms with Crippen molar-refractivity contribution in [2.75, 3.05) is 30.1 Å². The zero-order valence-corrected chi connectivity index (χ0v) is 21.4. The van der Waals surface area contributed by atoms with Gasteiger partial charge in [-0.3, -0.25) is 9.59 Å². The lowest BCUT2D eigenvalue weighted by Crippen LogP contribution is -2.46. The number of hydrogen-bond acceptors (Lipinski definition) is 6. The second-order valence-electron chi connectivity index (χ2n) is 8.44. The molecule has 0 aliphatic carbocycles. The number of halogens is 1. The van der Waals surface area contributed by atoms with Crippen molar-refractivity contribution in [2.24, 2.45) is 0 Å². The summed E-state index contributed by atoms with van der Waals surface area (Å²) in [6.07, 6.45) is 0. The van der Waals surface area contributed by atoms with E-state index < -0.39 is 11.9 Å². The molecule has 184 valence electrons. The summed E-state index contributed by atoms with van der Waals surface area (Å²) in [4.78, 5) is 38.4. The SMILES string of the molecule is Cc1cc(C)nc(SCC(=O)N(Cc2ccccc2F)C(C)C(=O)Nc2ccc(N(C)C)cc2)n1. The van der Waals surface area contributed by atoms with Crippen molar-refractivity contribution in [2.45, 2.75) is 38.5 Å². The number of aryl methyl sites for hydroxylation is 2. The van der Waals surface area contributed by atoms with Gasteiger partial charge in [-0.1, -0.05) is 30.0 Å². The van der Waals surface area contributed by atoms with Crippen molar-refractivity contribution >= 4 is 35.0 Å². The van der Waals surface area contributed by atoms with Gasteiger partial charge in [0.05, 0.1) is 5.75 Å². The number of nitrogens with one attached hydrogen (secondary N) is 1. The third-order valence-corrected chi connectivity index (χ3v) is 6.24. The number of aromatic nitrogens is 2. The fraction of sp³-hybridized carbons (Fsp3) is 0.308. The quantitative estimate of drug-likeness (QED) is 0.349. The number of hydrogen-bond donors (Lipinski definition) is 1. The average molecular weight is 496 g/mol. The molecule has 0 radical (unpaired) electrons. The fourth-order valence-electron chi connectivity index (χ4n) is 3.45. The molecule has 1 unspecified atom stereocenters. The number of carbonyl (C=O) groups is 2. The van der Waals surface area contributed by atoms with Gasteiger partial charge < -0.3 is 15.1 Å². The Kier molecular flexibility index (Phi) is 8.81. The van der Waals surface area contributed by atoms with Crippen molar-refractivity contribution in [1.29, 1.82) is 0 Å². The van der Waals surface area contributed by atoms with Crippen LogP contribution in [0.25, 0.3) is 0 Å². The second-order valence-corrected chi connectivity index (χ2v) is 9.38. The Balaban J connectivity index is 1.77. The van der Waals surface area contributed by atoms with Crippen LogP contribution >= 0.6 is 11.8 Å². The summed E-state index contributed by atoms with van der Waals surface area (Å²) < 4.78 is 14.4. The van der Waals surface area contributed by atoms with Gasteiger partial charge in [0.15, 0.2) is 5.16 Å². The van der Waals surface area contributed by atoms with E-state index in [1.165, 1.54) is 22.7 Å². The minimum absolute atomic E-state index is 0.0203. The second kappa shape index (κ2) is 11.8. The average Bonchev–Trinajstić information content (AvgIpc) is 2.81. The van der Waals surface area contributed by atoms with E-state index in [1.807, 2.05) is 51.0 Å². The third-order valence-electron chi connectivity index (χ3n) is 5.40. The van der Waals surface area contributed by atoms with Crippen LogP contribution < -0.4 is 10.2 Å². The number of carbonyl (C=O) groups excluding carboxylic acids is 2. The predicted molar refractivity (Wildman–Crippen MR) is 138 cm³/mol. The zero-order valence-electron chi connectivity index (χ0n) is 20.6. The number of anilines is 2. The Morgan fingerprint density at radius 2 is 1.66 bits per heavy atom. The van der Waals surface area contributed by atoms with Crippen molar-refractivity contribution in [3.63, 3.8) is 0 Å². The molecule has 7 nitrogen and oxygen atoms in total. The molecule has 1 aromatic heterocycles. The maximum Gasteiger partial charge on any atom is 0.246 e. The van der Waals surface area contributed by atoms with E-state index in [4.69, 9.17) is 0 Å². The zero-order chi connectivity index (χ0) is 25.5. The molecule has 0 aliphatic rings. The standard InChI is InChI=1S/C26H30FN5O2S/c1-17-14-18(2)29-26(28-17)35-16-24(33)32(15-20-8-6-7-9-23(20)27)19(3)25(34)30-21-10-12-22(13-11-21)31(4)5/h6-14,19H,15-16H2,1-5H3,(H,30,34). The molecule has 3 rings (SSSR count). The molecule has 3 aromatic rings. The summed E-state index contributed by atoms with van der Waals surface area (Å²) in [5, 5.41) is 3.34. The van der Waals surface area contributed by atoms with Gasteiger partial charge in [-0.25, -0.2) is 14.4 Å². The van der Waals surface area contributed by atoms with Gasteiger partial charge in [0.1, 0.15) is 11.9 Å². The Morgan fingerprint density at radius 3 is 2.26 bits per heavy atom. The molecular formula is C26H30FN5O2S. The van der Waals surface area contributed by atoms with E-state index in [2.05, 4.69) is 15.3 Å². The monoisotopic (exact) mass is 495 g/mol. The molecule has 0 aliphatic heterocycles. The first-order valence-electron chi connectivity index (χ1n) is 11.2. The first-order chi connectivity index (χ1) is 16.6. The summed E-state index contributed by atoms with van der Waals surface area (Å²) in [5.41, 5.74) is 3.57. The van der Waals surface area contributed by atoms with E-state index in [0.29, 0.717) is 16.4 Å². The predicted octanol–water partition coefficient (Wildman–Crippen LogP) is 4.45. The molecule has 2 amide bonds. The molecular weight excluding hydrogens is 465 g/mol. The smallest absolute Gasteiger partial charge is 0.246 e. The molecule has 9 heteroatoms. The maximum absolute atomic E-state index is 14.4. The molecule has 1 heterocycles. The van der Waals surface area contributed by atoms with Crippen molar-refractivity contribution in [3.8, 4) is 0 Å². The highest BCUT2D eigenvalue weighted by Gasteiger charge is 2.27. The van der Waals surface area contributed by atoms with Gasteiger partial charge in [-0.15, -0.1) is 0 Å². The van der Waals surface area contributed by atoms with Gasteiger partial charge in [-0.05, 0) is 57.2 Å². The first-order valence-corrected chi connectivity index (χ1v) is 12.2. The number of rotatable bonds is 9. The summed E-state index contributed by atoms with van der Waals surface area (Å²) >= 11 is 1.19. The first kappa shape index (κ1) is 26.2. The van der Waals surface area contributed by atoms with E-state index >= 15 is 0 Å². The van der Waals surface area contributed by atoms with Gasteiger partial charge in [0.2, 0.25) is 11.8 Å². The lowest BCUT2D eigenvalue weighted by atomic mass is 10.1. The van der Waals surface area contributed by atoms with Gasteiger partial charge in [0, 0.05) is 49.0 Å². The van der Waals surface area contributed by atoms with Crippen LogP contribution in [-0.2, 0) is 16.1 Å². The highest BCUT2D eigenvalue weighted by Crippen LogP contribution is 2.20. The molecule has 0 saturated carbocycles. The maximum atomic E-state index is 14.4. The summed E-state index contributed by atoms with van der Waals surface area (Å²) in [7, 11) is 3.87. The highest BCUT2D eigenvalue weighted by atomic mass is 32.2. The number of thioether (sulfide) groups is 1. The van der Waals surface area contributed by atoms with Crippen LogP contribution in [0.15, 0.2) is 59.8 Å². The molecule has 1 atom stereocenters. The Hall–Kier alpha value is -3.46. The van der Waals surface area contributed by atoms with Crippen molar-refractivity contribution < 1.29 is 14.0 Å². The van der Waals surface area contributed by atoms with Crippen LogP contribution in [0.1, 0.15) is 23.9 Å². The molecule has 2 aromatic carbocycles. The van der Waals surface area contributed by atoms with Crippen LogP contribution in [0.2, 0.25) is 0 Å². The van der Waals surface area contributed by atoms with E-state index in [0.717, 1.165) is 17.1 Å². The van der Waals surface area contributed by atoms with Crippen LogP contribution in [-0.4, -0.2) is 52.6 Å². The van der Waals surface area contributed by atoms with E-state index in [9.17, 15) is 14.0 Å². The molecule has 0 spiro atoms. The van der Waals surface area contributed by atoms with Crippen LogP contribution in [0.5, 0.6) is 0 Å². The minimum Gasteiger partial charge on any atom is -0.378 e. The lowest BCUT2D eigenvalue weighted by molar-refractivity contribution is -0.136. The molecule has 35 heavy (non-hydrogen) atoms. The summed E-state index contributed by atoms with van der Waals surface area (Å²) in [5.74, 6) is -1.08. The van der Waals surface area contributed by atoms with Crippen molar-refractivity contribution in [3.05, 3.63) is 77.4 Å². The van der Waals surface area contributed by atoms with Crippen LogP contribution in [0.3, 0.4) is 0 Å². The highest BCUT2D eigenvalue weighted by molar-refractivity contribution is 7.99.